The Morgan fingerprint density at radius 1 is 1.24 bits per heavy atom. The van der Waals surface area contributed by atoms with Crippen LogP contribution in [0.15, 0.2) is 24.3 Å². The van der Waals surface area contributed by atoms with E-state index in [1.54, 1.807) is 31.3 Å². The molecule has 0 radical (unpaired) electrons. The van der Waals surface area contributed by atoms with Crippen LogP contribution in [0, 0.1) is 0 Å². The van der Waals surface area contributed by atoms with Crippen molar-refractivity contribution in [3.63, 3.8) is 0 Å². The van der Waals surface area contributed by atoms with E-state index in [9.17, 15) is 9.59 Å². The van der Waals surface area contributed by atoms with Crippen LogP contribution < -0.4 is 10.6 Å². The number of carbonyl (C=O) groups excluding carboxylic acids is 2. The van der Waals surface area contributed by atoms with Crippen molar-refractivity contribution in [2.45, 2.75) is 6.42 Å². The van der Waals surface area contributed by atoms with Gasteiger partial charge in [0.1, 0.15) is 0 Å². The zero-order valence-electron chi connectivity index (χ0n) is 9.69. The van der Waals surface area contributed by atoms with E-state index in [0.29, 0.717) is 12.0 Å². The molecule has 3 N–H and O–H groups in total. The normalized spacial score (nSPS) is 9.76. The fourth-order valence-corrected chi connectivity index (χ4v) is 1.32. The lowest BCUT2D eigenvalue weighted by atomic mass is 10.1. The molecule has 0 atom stereocenters. The topological polar surface area (TPSA) is 78.4 Å². The molecule has 0 spiro atoms. The maximum Gasteiger partial charge on any atom is 0.251 e. The number of likely N-dealkylation sites (N-methyl/N-ethyl adjacent to an activating group) is 1. The molecular formula is C12H16N2O3. The van der Waals surface area contributed by atoms with Crippen molar-refractivity contribution in [2.75, 3.05) is 20.2 Å². The Bertz CT molecular complexity index is 387. The first-order valence-electron chi connectivity index (χ1n) is 5.36. The molecule has 0 unspecified atom stereocenters. The number of hydrogen-bond acceptors (Lipinski definition) is 3. The highest BCUT2D eigenvalue weighted by Crippen LogP contribution is 2.05. The molecule has 1 rings (SSSR count). The summed E-state index contributed by atoms with van der Waals surface area (Å²) >= 11 is 0. The zero-order valence-corrected chi connectivity index (χ0v) is 9.69. The monoisotopic (exact) mass is 236 g/mol. The third kappa shape index (κ3) is 4.24. The van der Waals surface area contributed by atoms with Crippen LogP contribution in [-0.4, -0.2) is 37.1 Å². The van der Waals surface area contributed by atoms with Crippen LogP contribution in [0.25, 0.3) is 0 Å². The van der Waals surface area contributed by atoms with E-state index in [2.05, 4.69) is 10.6 Å². The third-order valence-electron chi connectivity index (χ3n) is 2.26. The van der Waals surface area contributed by atoms with E-state index in [-0.39, 0.29) is 25.0 Å². The van der Waals surface area contributed by atoms with Gasteiger partial charge in [-0.25, -0.2) is 0 Å². The standard InChI is InChI=1S/C12H16N2O3/c1-13-11(16)8-9-2-4-10(5-3-9)12(17)14-6-7-15/h2-5,15H,6-8H2,1H3,(H,13,16)(H,14,17). The van der Waals surface area contributed by atoms with Gasteiger partial charge in [0, 0.05) is 19.2 Å². The smallest absolute Gasteiger partial charge is 0.251 e. The Morgan fingerprint density at radius 3 is 2.41 bits per heavy atom. The molecule has 0 aliphatic heterocycles. The number of aliphatic hydroxyl groups excluding tert-OH is 1. The highest BCUT2D eigenvalue weighted by molar-refractivity contribution is 5.94. The summed E-state index contributed by atoms with van der Waals surface area (Å²) in [4.78, 5) is 22.6. The Morgan fingerprint density at radius 2 is 1.88 bits per heavy atom. The summed E-state index contributed by atoms with van der Waals surface area (Å²) in [6.07, 6.45) is 0.301. The fraction of sp³-hybridized carbons (Fsp3) is 0.333. The number of benzene rings is 1. The van der Waals surface area contributed by atoms with Gasteiger partial charge in [-0.3, -0.25) is 9.59 Å². The molecule has 92 valence electrons. The highest BCUT2D eigenvalue weighted by Gasteiger charge is 2.05. The van der Waals surface area contributed by atoms with E-state index >= 15 is 0 Å². The van der Waals surface area contributed by atoms with Crippen LogP contribution in [0.4, 0.5) is 0 Å². The molecule has 0 aliphatic carbocycles. The predicted molar refractivity (Wildman–Crippen MR) is 63.6 cm³/mol. The quantitative estimate of drug-likeness (QED) is 0.656. The van der Waals surface area contributed by atoms with Crippen molar-refractivity contribution in [3.05, 3.63) is 35.4 Å². The van der Waals surface area contributed by atoms with Gasteiger partial charge in [0.05, 0.1) is 13.0 Å². The largest absolute Gasteiger partial charge is 0.395 e. The maximum atomic E-state index is 11.5. The molecule has 2 amide bonds. The molecular weight excluding hydrogens is 220 g/mol. The second kappa shape index (κ2) is 6.65. The van der Waals surface area contributed by atoms with Crippen molar-refractivity contribution in [1.29, 1.82) is 0 Å². The number of rotatable bonds is 5. The Labute approximate surface area is 99.8 Å². The minimum absolute atomic E-state index is 0.0671. The van der Waals surface area contributed by atoms with Gasteiger partial charge in [0.2, 0.25) is 5.91 Å². The summed E-state index contributed by atoms with van der Waals surface area (Å²) in [7, 11) is 1.58. The number of hydrogen-bond donors (Lipinski definition) is 3. The van der Waals surface area contributed by atoms with Crippen molar-refractivity contribution < 1.29 is 14.7 Å². The van der Waals surface area contributed by atoms with Crippen molar-refractivity contribution in [1.82, 2.24) is 10.6 Å². The van der Waals surface area contributed by atoms with Crippen LogP contribution in [0.2, 0.25) is 0 Å². The van der Waals surface area contributed by atoms with Gasteiger partial charge in [0.25, 0.3) is 5.91 Å². The molecule has 1 aromatic rings. The summed E-state index contributed by atoms with van der Waals surface area (Å²) in [5, 5.41) is 13.7. The lowest BCUT2D eigenvalue weighted by Crippen LogP contribution is -2.26. The van der Waals surface area contributed by atoms with Crippen molar-refractivity contribution in [2.24, 2.45) is 0 Å². The molecule has 0 aromatic heterocycles. The summed E-state index contributed by atoms with van der Waals surface area (Å²) < 4.78 is 0. The van der Waals surface area contributed by atoms with Gasteiger partial charge in [-0.05, 0) is 17.7 Å². The highest BCUT2D eigenvalue weighted by atomic mass is 16.3. The van der Waals surface area contributed by atoms with Crippen LogP contribution in [0.3, 0.4) is 0 Å². The SMILES string of the molecule is CNC(=O)Cc1ccc(C(=O)NCCO)cc1. The fourth-order valence-electron chi connectivity index (χ4n) is 1.32. The van der Waals surface area contributed by atoms with E-state index in [1.165, 1.54) is 0 Å². The molecule has 0 fully saturated rings. The first kappa shape index (κ1) is 13.2. The second-order valence-electron chi connectivity index (χ2n) is 3.53. The Kier molecular flexibility index (Phi) is 5.16. The molecule has 5 heteroatoms. The first-order valence-corrected chi connectivity index (χ1v) is 5.36. The van der Waals surface area contributed by atoms with Crippen molar-refractivity contribution in [3.8, 4) is 0 Å². The van der Waals surface area contributed by atoms with E-state index in [4.69, 9.17) is 5.11 Å². The minimum atomic E-state index is -0.231. The summed E-state index contributed by atoms with van der Waals surface area (Å²) in [6.45, 7) is 0.152. The summed E-state index contributed by atoms with van der Waals surface area (Å²) in [6, 6.07) is 6.79. The van der Waals surface area contributed by atoms with Crippen LogP contribution in [-0.2, 0) is 11.2 Å². The Hall–Kier alpha value is -1.88. The van der Waals surface area contributed by atoms with E-state index in [0.717, 1.165) is 5.56 Å². The molecule has 0 saturated carbocycles. The number of amides is 2. The van der Waals surface area contributed by atoms with Crippen LogP contribution in [0.5, 0.6) is 0 Å². The molecule has 1 aromatic carbocycles. The molecule has 0 bridgehead atoms. The average Bonchev–Trinajstić information content (AvgIpc) is 2.36. The molecule has 0 saturated heterocycles. The molecule has 0 heterocycles. The maximum absolute atomic E-state index is 11.5. The van der Waals surface area contributed by atoms with E-state index in [1.807, 2.05) is 0 Å². The summed E-state index contributed by atoms with van der Waals surface area (Å²) in [5.74, 6) is -0.298. The molecule has 5 nitrogen and oxygen atoms in total. The molecule has 17 heavy (non-hydrogen) atoms. The van der Waals surface area contributed by atoms with Crippen LogP contribution >= 0.6 is 0 Å². The Balaban J connectivity index is 2.61. The van der Waals surface area contributed by atoms with E-state index < -0.39 is 0 Å². The first-order chi connectivity index (χ1) is 8.17. The number of aliphatic hydroxyl groups is 1. The summed E-state index contributed by atoms with van der Waals surface area (Å²) in [5.41, 5.74) is 1.36. The van der Waals surface area contributed by atoms with Gasteiger partial charge >= 0.3 is 0 Å². The average molecular weight is 236 g/mol. The number of carbonyl (C=O) groups is 2. The van der Waals surface area contributed by atoms with Gasteiger partial charge in [0.15, 0.2) is 0 Å². The predicted octanol–water partition coefficient (Wildman–Crippen LogP) is -0.303. The number of nitrogens with one attached hydrogen (secondary N) is 2. The van der Waals surface area contributed by atoms with Crippen LogP contribution in [0.1, 0.15) is 15.9 Å². The lowest BCUT2D eigenvalue weighted by Gasteiger charge is -2.04. The zero-order chi connectivity index (χ0) is 12.7. The minimum Gasteiger partial charge on any atom is -0.395 e. The van der Waals surface area contributed by atoms with Crippen molar-refractivity contribution >= 4 is 11.8 Å². The van der Waals surface area contributed by atoms with Gasteiger partial charge in [-0.15, -0.1) is 0 Å². The second-order valence-corrected chi connectivity index (χ2v) is 3.53. The van der Waals surface area contributed by atoms with Gasteiger partial charge in [-0.1, -0.05) is 12.1 Å². The van der Waals surface area contributed by atoms with Gasteiger partial charge < -0.3 is 15.7 Å². The third-order valence-corrected chi connectivity index (χ3v) is 2.26. The lowest BCUT2D eigenvalue weighted by molar-refractivity contribution is -0.119. The van der Waals surface area contributed by atoms with Gasteiger partial charge in [-0.2, -0.15) is 0 Å². The molecule has 0 aliphatic rings.